The third-order valence-electron chi connectivity index (χ3n) is 5.58. The minimum absolute atomic E-state index is 0.0820. The largest absolute Gasteiger partial charge is 0.360 e. The molecule has 0 atom stereocenters. The molecule has 2 aromatic rings. The number of rotatable bonds is 5. The topological polar surface area (TPSA) is 110 Å². The molecule has 4 N–H and O–H groups in total. The molecule has 2 amide bonds. The van der Waals surface area contributed by atoms with Crippen LogP contribution >= 0.6 is 0 Å². The zero-order chi connectivity index (χ0) is 19.7. The summed E-state index contributed by atoms with van der Waals surface area (Å²) in [5, 5.41) is 9.77. The van der Waals surface area contributed by atoms with E-state index in [1.807, 2.05) is 6.92 Å². The van der Waals surface area contributed by atoms with Crippen molar-refractivity contribution in [1.82, 2.24) is 10.5 Å². The highest BCUT2D eigenvalue weighted by atomic mass is 16.5. The number of amides is 2. The summed E-state index contributed by atoms with van der Waals surface area (Å²) in [6, 6.07) is 7.41. The van der Waals surface area contributed by atoms with Gasteiger partial charge in [0.05, 0.1) is 0 Å². The van der Waals surface area contributed by atoms with Crippen molar-refractivity contribution in [3.63, 3.8) is 0 Å². The molecular formula is C21H26N4O3. The summed E-state index contributed by atoms with van der Waals surface area (Å²) in [5.41, 5.74) is 8.24. The normalized spacial score (nSPS) is 21.9. The van der Waals surface area contributed by atoms with E-state index in [-0.39, 0.29) is 29.6 Å². The van der Waals surface area contributed by atoms with Gasteiger partial charge in [-0.05, 0) is 69.2 Å². The highest BCUT2D eigenvalue weighted by molar-refractivity contribution is 6.03. The summed E-state index contributed by atoms with van der Waals surface area (Å²) in [5.74, 6) is 0.790. The van der Waals surface area contributed by atoms with Gasteiger partial charge in [-0.25, -0.2) is 0 Å². The first kappa shape index (κ1) is 18.7. The van der Waals surface area contributed by atoms with Crippen LogP contribution in [0.2, 0.25) is 0 Å². The lowest BCUT2D eigenvalue weighted by molar-refractivity contribution is 0.0924. The Morgan fingerprint density at radius 2 is 1.82 bits per heavy atom. The van der Waals surface area contributed by atoms with Crippen LogP contribution in [0.5, 0.6) is 0 Å². The van der Waals surface area contributed by atoms with Gasteiger partial charge in [0, 0.05) is 35.3 Å². The maximum atomic E-state index is 12.6. The number of hydrogen-bond acceptors (Lipinski definition) is 5. The lowest BCUT2D eigenvalue weighted by atomic mass is 9.91. The predicted molar refractivity (Wildman–Crippen MR) is 105 cm³/mol. The second-order valence-corrected chi connectivity index (χ2v) is 7.96. The molecule has 2 aliphatic carbocycles. The number of aromatic nitrogens is 1. The average molecular weight is 382 g/mol. The summed E-state index contributed by atoms with van der Waals surface area (Å²) in [6.07, 6.45) is 5.90. The van der Waals surface area contributed by atoms with Crippen LogP contribution in [-0.4, -0.2) is 29.1 Å². The van der Waals surface area contributed by atoms with Gasteiger partial charge in [-0.2, -0.15) is 0 Å². The molecule has 0 radical (unpaired) electrons. The van der Waals surface area contributed by atoms with Gasteiger partial charge in [0.25, 0.3) is 11.8 Å². The van der Waals surface area contributed by atoms with E-state index in [4.69, 9.17) is 10.3 Å². The van der Waals surface area contributed by atoms with Crippen LogP contribution in [-0.2, 0) is 0 Å². The number of carbonyl (C=O) groups excluding carboxylic acids is 2. The highest BCUT2D eigenvalue weighted by Gasteiger charge is 2.29. The molecule has 2 aliphatic rings. The van der Waals surface area contributed by atoms with Crippen LogP contribution in [0.1, 0.15) is 76.6 Å². The smallest absolute Gasteiger partial charge is 0.277 e. The number of nitrogens with one attached hydrogen (secondary N) is 2. The van der Waals surface area contributed by atoms with Gasteiger partial charge < -0.3 is 20.9 Å². The lowest BCUT2D eigenvalue weighted by Gasteiger charge is -2.27. The first-order valence-corrected chi connectivity index (χ1v) is 9.94. The van der Waals surface area contributed by atoms with E-state index >= 15 is 0 Å². The van der Waals surface area contributed by atoms with Gasteiger partial charge in [0.1, 0.15) is 5.76 Å². The van der Waals surface area contributed by atoms with Crippen molar-refractivity contribution in [2.24, 2.45) is 5.73 Å². The van der Waals surface area contributed by atoms with E-state index in [9.17, 15) is 9.59 Å². The van der Waals surface area contributed by atoms with Crippen molar-refractivity contribution in [2.75, 3.05) is 5.32 Å². The Morgan fingerprint density at radius 3 is 2.50 bits per heavy atom. The number of nitrogens with zero attached hydrogens (tertiary/aromatic N) is 1. The molecule has 2 fully saturated rings. The summed E-state index contributed by atoms with van der Waals surface area (Å²) < 4.78 is 5.23. The molecule has 1 heterocycles. The molecule has 0 aliphatic heterocycles. The Kier molecular flexibility index (Phi) is 5.17. The molecule has 0 unspecified atom stereocenters. The van der Waals surface area contributed by atoms with E-state index in [1.165, 1.54) is 0 Å². The molecule has 4 rings (SSSR count). The quantitative estimate of drug-likeness (QED) is 0.736. The third-order valence-corrected chi connectivity index (χ3v) is 5.58. The number of carbonyl (C=O) groups is 2. The minimum atomic E-state index is -0.314. The Labute approximate surface area is 164 Å². The lowest BCUT2D eigenvalue weighted by Crippen LogP contribution is -2.40. The average Bonchev–Trinajstić information content (AvgIpc) is 3.40. The van der Waals surface area contributed by atoms with Crippen LogP contribution < -0.4 is 16.4 Å². The second-order valence-electron chi connectivity index (χ2n) is 7.96. The molecule has 148 valence electrons. The maximum absolute atomic E-state index is 12.6. The fraction of sp³-hybridized carbons (Fsp3) is 0.476. The van der Waals surface area contributed by atoms with Crippen molar-refractivity contribution in [3.05, 3.63) is 46.8 Å². The molecule has 0 bridgehead atoms. The van der Waals surface area contributed by atoms with Gasteiger partial charge in [-0.3, -0.25) is 9.59 Å². The summed E-state index contributed by atoms with van der Waals surface area (Å²) in [7, 11) is 0. The number of anilines is 1. The molecule has 0 saturated heterocycles. The van der Waals surface area contributed by atoms with Gasteiger partial charge in [-0.1, -0.05) is 5.16 Å². The van der Waals surface area contributed by atoms with Crippen LogP contribution in [0.3, 0.4) is 0 Å². The number of benzene rings is 1. The zero-order valence-corrected chi connectivity index (χ0v) is 16.0. The van der Waals surface area contributed by atoms with Crippen LogP contribution in [0.25, 0.3) is 0 Å². The van der Waals surface area contributed by atoms with E-state index < -0.39 is 0 Å². The van der Waals surface area contributed by atoms with E-state index in [0.717, 1.165) is 49.8 Å². The number of nitrogens with two attached hydrogens (primary N) is 1. The standard InChI is InChI=1S/C21H26N4O3/c1-12-10-16(24-21(27)18-11-19(28-25-18)13-2-3-13)8-9-17(12)20(26)23-15-6-4-14(22)5-7-15/h8-11,13-15H,2-7,22H2,1H3,(H,23,26)(H,24,27). The van der Waals surface area contributed by atoms with Crippen molar-refractivity contribution in [1.29, 1.82) is 0 Å². The Hall–Kier alpha value is -2.67. The van der Waals surface area contributed by atoms with Gasteiger partial charge in [0.15, 0.2) is 5.69 Å². The zero-order valence-electron chi connectivity index (χ0n) is 16.0. The molecule has 1 aromatic heterocycles. The molecule has 28 heavy (non-hydrogen) atoms. The first-order chi connectivity index (χ1) is 13.5. The van der Waals surface area contributed by atoms with E-state index in [0.29, 0.717) is 17.2 Å². The van der Waals surface area contributed by atoms with Crippen LogP contribution in [0.4, 0.5) is 5.69 Å². The van der Waals surface area contributed by atoms with Crippen molar-refractivity contribution in [2.45, 2.75) is 63.5 Å². The second kappa shape index (κ2) is 7.75. The molecule has 7 nitrogen and oxygen atoms in total. The SMILES string of the molecule is Cc1cc(NC(=O)c2cc(C3CC3)on2)ccc1C(=O)NC1CCC(N)CC1. The van der Waals surface area contributed by atoms with Gasteiger partial charge >= 0.3 is 0 Å². The highest BCUT2D eigenvalue weighted by Crippen LogP contribution is 2.40. The summed E-state index contributed by atoms with van der Waals surface area (Å²) in [6.45, 7) is 1.86. The fourth-order valence-electron chi connectivity index (χ4n) is 3.67. The molecule has 0 spiro atoms. The van der Waals surface area contributed by atoms with Gasteiger partial charge in [-0.15, -0.1) is 0 Å². The van der Waals surface area contributed by atoms with E-state index in [2.05, 4.69) is 15.8 Å². The molecule has 2 saturated carbocycles. The minimum Gasteiger partial charge on any atom is -0.360 e. The van der Waals surface area contributed by atoms with Crippen molar-refractivity contribution in [3.8, 4) is 0 Å². The van der Waals surface area contributed by atoms with Crippen LogP contribution in [0.15, 0.2) is 28.8 Å². The van der Waals surface area contributed by atoms with Crippen molar-refractivity contribution < 1.29 is 14.1 Å². The monoisotopic (exact) mass is 382 g/mol. The summed E-state index contributed by atoms with van der Waals surface area (Å²) in [4.78, 5) is 25.0. The van der Waals surface area contributed by atoms with Gasteiger partial charge in [0.2, 0.25) is 0 Å². The summed E-state index contributed by atoms with van der Waals surface area (Å²) >= 11 is 0. The van der Waals surface area contributed by atoms with Crippen molar-refractivity contribution >= 4 is 17.5 Å². The fourth-order valence-corrected chi connectivity index (χ4v) is 3.67. The number of aryl methyl sites for hydroxylation is 1. The molecular weight excluding hydrogens is 356 g/mol. The first-order valence-electron chi connectivity index (χ1n) is 9.94. The van der Waals surface area contributed by atoms with E-state index in [1.54, 1.807) is 24.3 Å². The third kappa shape index (κ3) is 4.25. The molecule has 1 aromatic carbocycles. The Morgan fingerprint density at radius 1 is 1.07 bits per heavy atom. The number of hydrogen-bond donors (Lipinski definition) is 3. The van der Waals surface area contributed by atoms with Crippen LogP contribution in [0, 0.1) is 6.92 Å². The Balaban J connectivity index is 1.37. The predicted octanol–water partition coefficient (Wildman–Crippen LogP) is 3.11. The Bertz CT molecular complexity index is 880. The molecule has 7 heteroatoms. The maximum Gasteiger partial charge on any atom is 0.277 e.